The highest BCUT2D eigenvalue weighted by Crippen LogP contribution is 2.29. The molecule has 7 nitrogen and oxygen atoms in total. The lowest BCUT2D eigenvalue weighted by atomic mass is 10.1. The SMILES string of the molecule is COc1ccc(NC(=O)N(Cc2cc(=O)[nH]c3ccccc23)C(C)C)c(OC)c1. The number of benzene rings is 2. The van der Waals surface area contributed by atoms with Gasteiger partial charge in [0, 0.05) is 35.6 Å². The predicted molar refractivity (Wildman–Crippen MR) is 114 cm³/mol. The van der Waals surface area contributed by atoms with Gasteiger partial charge in [-0.1, -0.05) is 18.2 Å². The van der Waals surface area contributed by atoms with Crippen molar-refractivity contribution in [1.29, 1.82) is 0 Å². The lowest BCUT2D eigenvalue weighted by Crippen LogP contribution is -2.39. The van der Waals surface area contributed by atoms with Crippen molar-refractivity contribution in [3.63, 3.8) is 0 Å². The minimum Gasteiger partial charge on any atom is -0.497 e. The van der Waals surface area contributed by atoms with Gasteiger partial charge in [-0.3, -0.25) is 4.79 Å². The Morgan fingerprint density at radius 3 is 2.55 bits per heavy atom. The third-order valence-electron chi connectivity index (χ3n) is 4.71. The predicted octanol–water partition coefficient (Wildman–Crippen LogP) is 3.99. The molecule has 0 unspecified atom stereocenters. The Morgan fingerprint density at radius 1 is 1.10 bits per heavy atom. The second kappa shape index (κ2) is 8.68. The minimum absolute atomic E-state index is 0.0858. The summed E-state index contributed by atoms with van der Waals surface area (Å²) in [6.07, 6.45) is 0. The molecule has 29 heavy (non-hydrogen) atoms. The maximum Gasteiger partial charge on any atom is 0.322 e. The Hall–Kier alpha value is -3.48. The van der Waals surface area contributed by atoms with E-state index in [4.69, 9.17) is 9.47 Å². The molecule has 0 aliphatic rings. The number of methoxy groups -OCH3 is 2. The van der Waals surface area contributed by atoms with Crippen molar-refractivity contribution in [3.8, 4) is 11.5 Å². The fourth-order valence-electron chi connectivity index (χ4n) is 3.17. The van der Waals surface area contributed by atoms with Crippen LogP contribution in [0.2, 0.25) is 0 Å². The van der Waals surface area contributed by atoms with Gasteiger partial charge < -0.3 is 24.7 Å². The molecule has 7 heteroatoms. The summed E-state index contributed by atoms with van der Waals surface area (Å²) in [4.78, 5) is 29.6. The van der Waals surface area contributed by atoms with E-state index in [0.29, 0.717) is 23.7 Å². The molecule has 1 heterocycles. The Kier molecular flexibility index (Phi) is 6.07. The Morgan fingerprint density at radius 2 is 1.86 bits per heavy atom. The molecule has 152 valence electrons. The molecule has 3 aromatic rings. The summed E-state index contributed by atoms with van der Waals surface area (Å²) >= 11 is 0. The van der Waals surface area contributed by atoms with Gasteiger partial charge in [0.05, 0.1) is 19.9 Å². The fourth-order valence-corrected chi connectivity index (χ4v) is 3.17. The second-order valence-corrected chi connectivity index (χ2v) is 6.92. The number of urea groups is 1. The monoisotopic (exact) mass is 395 g/mol. The third kappa shape index (κ3) is 4.51. The van der Waals surface area contributed by atoms with Crippen molar-refractivity contribution < 1.29 is 14.3 Å². The maximum absolute atomic E-state index is 13.0. The zero-order chi connectivity index (χ0) is 21.0. The first-order chi connectivity index (χ1) is 13.9. The van der Waals surface area contributed by atoms with Gasteiger partial charge in [0.2, 0.25) is 5.56 Å². The van der Waals surface area contributed by atoms with E-state index in [1.807, 2.05) is 38.1 Å². The molecule has 0 spiro atoms. The molecule has 0 fully saturated rings. The number of ether oxygens (including phenoxy) is 2. The molecule has 0 bridgehead atoms. The molecule has 0 saturated heterocycles. The van der Waals surface area contributed by atoms with Crippen LogP contribution < -0.4 is 20.3 Å². The first kappa shape index (κ1) is 20.3. The molecular formula is C22H25N3O4. The number of nitrogens with one attached hydrogen (secondary N) is 2. The molecular weight excluding hydrogens is 370 g/mol. The number of aromatic amines is 1. The van der Waals surface area contributed by atoms with Crippen LogP contribution in [0.4, 0.5) is 10.5 Å². The van der Waals surface area contributed by atoms with Crippen molar-refractivity contribution in [2.45, 2.75) is 26.4 Å². The van der Waals surface area contributed by atoms with Crippen LogP contribution in [0.5, 0.6) is 11.5 Å². The van der Waals surface area contributed by atoms with E-state index in [2.05, 4.69) is 10.3 Å². The summed E-state index contributed by atoms with van der Waals surface area (Å²) in [5.41, 5.74) is 1.88. The number of pyridine rings is 1. The van der Waals surface area contributed by atoms with E-state index in [9.17, 15) is 9.59 Å². The normalized spacial score (nSPS) is 10.8. The van der Waals surface area contributed by atoms with E-state index in [0.717, 1.165) is 16.5 Å². The number of rotatable bonds is 6. The number of carbonyl (C=O) groups is 1. The summed E-state index contributed by atoms with van der Waals surface area (Å²) in [6.45, 7) is 4.16. The van der Waals surface area contributed by atoms with Crippen molar-refractivity contribution in [1.82, 2.24) is 9.88 Å². The number of anilines is 1. The molecule has 0 saturated carbocycles. The van der Waals surface area contributed by atoms with Gasteiger partial charge >= 0.3 is 6.03 Å². The van der Waals surface area contributed by atoms with E-state index in [1.165, 1.54) is 7.11 Å². The number of H-pyrrole nitrogens is 1. The second-order valence-electron chi connectivity index (χ2n) is 6.92. The standard InChI is InChI=1S/C22H25N3O4/c1-14(2)25(13-15-11-21(26)23-18-8-6-5-7-17(15)18)22(27)24-19-10-9-16(28-3)12-20(19)29-4/h5-12,14H,13H2,1-4H3,(H,23,26)(H,24,27). The summed E-state index contributed by atoms with van der Waals surface area (Å²) in [7, 11) is 3.10. The summed E-state index contributed by atoms with van der Waals surface area (Å²) in [6, 6.07) is 13.9. The minimum atomic E-state index is -0.284. The molecule has 1 aromatic heterocycles. The number of fused-ring (bicyclic) bond motifs is 1. The number of aromatic nitrogens is 1. The Balaban J connectivity index is 1.90. The van der Waals surface area contributed by atoms with E-state index in [1.54, 1.807) is 36.3 Å². The first-order valence-corrected chi connectivity index (χ1v) is 9.33. The molecule has 2 amide bonds. The van der Waals surface area contributed by atoms with Gasteiger partial charge in [-0.2, -0.15) is 0 Å². The van der Waals surface area contributed by atoms with Crippen LogP contribution in [0.3, 0.4) is 0 Å². The molecule has 3 rings (SSSR count). The van der Waals surface area contributed by atoms with Crippen LogP contribution >= 0.6 is 0 Å². The van der Waals surface area contributed by atoms with E-state index in [-0.39, 0.29) is 17.6 Å². The Bertz CT molecular complexity index is 1080. The van der Waals surface area contributed by atoms with Gasteiger partial charge in [-0.05, 0) is 37.6 Å². The molecule has 0 aliphatic heterocycles. The first-order valence-electron chi connectivity index (χ1n) is 9.33. The fraction of sp³-hybridized carbons (Fsp3) is 0.273. The molecule has 0 aliphatic carbocycles. The van der Waals surface area contributed by atoms with Crippen molar-refractivity contribution >= 4 is 22.6 Å². The zero-order valence-electron chi connectivity index (χ0n) is 17.0. The lowest BCUT2D eigenvalue weighted by molar-refractivity contribution is 0.194. The molecule has 0 radical (unpaired) electrons. The van der Waals surface area contributed by atoms with Crippen molar-refractivity contribution in [3.05, 3.63) is 64.4 Å². The molecule has 2 aromatic carbocycles. The van der Waals surface area contributed by atoms with E-state index >= 15 is 0 Å². The zero-order valence-corrected chi connectivity index (χ0v) is 17.0. The van der Waals surface area contributed by atoms with Crippen LogP contribution in [0, 0.1) is 0 Å². The van der Waals surface area contributed by atoms with Crippen molar-refractivity contribution in [2.24, 2.45) is 0 Å². The number of para-hydroxylation sites is 1. The lowest BCUT2D eigenvalue weighted by Gasteiger charge is -2.28. The number of carbonyl (C=O) groups excluding carboxylic acids is 1. The number of hydrogen-bond acceptors (Lipinski definition) is 4. The Labute approximate surface area is 169 Å². The van der Waals surface area contributed by atoms with E-state index < -0.39 is 0 Å². The smallest absolute Gasteiger partial charge is 0.322 e. The number of hydrogen-bond donors (Lipinski definition) is 2. The van der Waals surface area contributed by atoms with Crippen LogP contribution in [0.25, 0.3) is 10.9 Å². The summed E-state index contributed by atoms with van der Waals surface area (Å²) in [5.74, 6) is 1.14. The maximum atomic E-state index is 13.0. The van der Waals surface area contributed by atoms with Crippen LogP contribution in [0.15, 0.2) is 53.3 Å². The van der Waals surface area contributed by atoms with Crippen LogP contribution in [-0.4, -0.2) is 36.2 Å². The quantitative estimate of drug-likeness (QED) is 0.661. The van der Waals surface area contributed by atoms with Gasteiger partial charge in [0.15, 0.2) is 0 Å². The van der Waals surface area contributed by atoms with Crippen LogP contribution in [-0.2, 0) is 6.54 Å². The highest BCUT2D eigenvalue weighted by Gasteiger charge is 2.20. The summed E-state index contributed by atoms with van der Waals surface area (Å²) < 4.78 is 10.6. The van der Waals surface area contributed by atoms with Gasteiger partial charge in [0.25, 0.3) is 0 Å². The topological polar surface area (TPSA) is 83.7 Å². The van der Waals surface area contributed by atoms with Gasteiger partial charge in [-0.25, -0.2) is 4.79 Å². The highest BCUT2D eigenvalue weighted by atomic mass is 16.5. The average molecular weight is 395 g/mol. The molecule has 0 atom stereocenters. The third-order valence-corrected chi connectivity index (χ3v) is 4.71. The van der Waals surface area contributed by atoms with Crippen molar-refractivity contribution in [2.75, 3.05) is 19.5 Å². The largest absolute Gasteiger partial charge is 0.497 e. The summed E-state index contributed by atoms with van der Waals surface area (Å²) in [5, 5.41) is 3.81. The highest BCUT2D eigenvalue weighted by molar-refractivity contribution is 5.92. The van der Waals surface area contributed by atoms with Gasteiger partial charge in [-0.15, -0.1) is 0 Å². The van der Waals surface area contributed by atoms with Gasteiger partial charge in [0.1, 0.15) is 11.5 Å². The number of amides is 2. The van der Waals surface area contributed by atoms with Crippen LogP contribution in [0.1, 0.15) is 19.4 Å². The number of nitrogens with zero attached hydrogens (tertiary/aromatic N) is 1. The average Bonchev–Trinajstić information content (AvgIpc) is 2.71. The molecule has 2 N–H and O–H groups in total.